The Labute approximate surface area is 165 Å². The summed E-state index contributed by atoms with van der Waals surface area (Å²) in [6, 6.07) is 10.7. The number of halogens is 1. The summed E-state index contributed by atoms with van der Waals surface area (Å²) in [5, 5.41) is 15.2. The summed E-state index contributed by atoms with van der Waals surface area (Å²) < 4.78 is 20.8. The number of rotatable bonds is 4. The monoisotopic (exact) mass is 397 g/mol. The molecule has 2 heterocycles. The number of hydrogen-bond donors (Lipinski definition) is 2. The Hall–Kier alpha value is -3.39. The fraction of sp³-hybridized carbons (Fsp3) is 0.238. The zero-order valence-corrected chi connectivity index (χ0v) is 15.8. The fourth-order valence-electron chi connectivity index (χ4n) is 3.70. The number of methoxy groups -OCH3 is 1. The number of nitrogens with one attached hydrogen (secondary N) is 1. The molecule has 0 bridgehead atoms. The van der Waals surface area contributed by atoms with E-state index in [9.17, 15) is 19.1 Å². The number of benzene rings is 2. The average molecular weight is 397 g/mol. The van der Waals surface area contributed by atoms with Crippen LogP contribution in [0.25, 0.3) is 22.2 Å². The number of carbonyl (C=O) groups is 1. The van der Waals surface area contributed by atoms with Crippen molar-refractivity contribution in [3.05, 3.63) is 64.1 Å². The van der Waals surface area contributed by atoms with Crippen LogP contribution in [0.2, 0.25) is 0 Å². The van der Waals surface area contributed by atoms with Crippen molar-refractivity contribution in [3.8, 4) is 17.0 Å². The SMILES string of the molecule is COc1ccc(-c2c(C(=O)O)c(=O)c3cc(F)ccc3n2N2CCNCC2)cc1. The van der Waals surface area contributed by atoms with Gasteiger partial charge in [0.1, 0.15) is 17.1 Å². The van der Waals surface area contributed by atoms with Crippen molar-refractivity contribution in [2.45, 2.75) is 0 Å². The molecule has 0 amide bonds. The Kier molecular flexibility index (Phi) is 4.94. The third-order valence-corrected chi connectivity index (χ3v) is 5.06. The van der Waals surface area contributed by atoms with E-state index in [1.165, 1.54) is 12.1 Å². The minimum atomic E-state index is -1.35. The van der Waals surface area contributed by atoms with Gasteiger partial charge in [0.25, 0.3) is 0 Å². The molecule has 0 spiro atoms. The molecular weight excluding hydrogens is 377 g/mol. The molecule has 4 rings (SSSR count). The lowest BCUT2D eigenvalue weighted by Gasteiger charge is -2.35. The normalized spacial score (nSPS) is 14.2. The highest BCUT2D eigenvalue weighted by Crippen LogP contribution is 2.29. The molecule has 0 atom stereocenters. The average Bonchev–Trinajstić information content (AvgIpc) is 2.74. The number of nitrogens with zero attached hydrogens (tertiary/aromatic N) is 2. The third kappa shape index (κ3) is 3.31. The number of pyridine rings is 1. The first-order chi connectivity index (χ1) is 14.0. The number of piperazine rings is 1. The molecule has 150 valence electrons. The van der Waals surface area contributed by atoms with E-state index < -0.39 is 17.2 Å². The van der Waals surface area contributed by atoms with Gasteiger partial charge in [-0.1, -0.05) is 0 Å². The molecule has 3 aromatic rings. The number of hydrogen-bond acceptors (Lipinski definition) is 5. The van der Waals surface area contributed by atoms with Crippen molar-refractivity contribution in [3.63, 3.8) is 0 Å². The predicted molar refractivity (Wildman–Crippen MR) is 108 cm³/mol. The largest absolute Gasteiger partial charge is 0.497 e. The van der Waals surface area contributed by atoms with Crippen LogP contribution in [0.4, 0.5) is 4.39 Å². The standard InChI is InChI=1S/C21H20FN3O4/c1-29-15-5-2-13(3-6-15)19-18(21(27)28)20(26)16-12-14(22)4-7-17(16)25(19)24-10-8-23-9-11-24/h2-7,12,23H,8-11H2,1H3,(H,27,28). The maximum Gasteiger partial charge on any atom is 0.341 e. The molecule has 2 N–H and O–H groups in total. The topological polar surface area (TPSA) is 83.8 Å². The molecule has 1 fully saturated rings. The minimum Gasteiger partial charge on any atom is -0.497 e. The molecule has 29 heavy (non-hydrogen) atoms. The van der Waals surface area contributed by atoms with Gasteiger partial charge < -0.3 is 20.2 Å². The van der Waals surface area contributed by atoms with Crippen molar-refractivity contribution >= 4 is 16.9 Å². The summed E-state index contributed by atoms with van der Waals surface area (Å²) in [7, 11) is 1.54. The van der Waals surface area contributed by atoms with Crippen LogP contribution < -0.4 is 20.5 Å². The molecule has 8 heteroatoms. The highest BCUT2D eigenvalue weighted by Gasteiger charge is 2.26. The Morgan fingerprint density at radius 2 is 1.83 bits per heavy atom. The molecule has 1 saturated heterocycles. The first-order valence-corrected chi connectivity index (χ1v) is 9.23. The highest BCUT2D eigenvalue weighted by atomic mass is 19.1. The molecule has 7 nitrogen and oxygen atoms in total. The summed E-state index contributed by atoms with van der Waals surface area (Å²) in [6.07, 6.45) is 0. The number of ether oxygens (including phenoxy) is 1. The third-order valence-electron chi connectivity index (χ3n) is 5.06. The summed E-state index contributed by atoms with van der Waals surface area (Å²) in [5.74, 6) is -1.32. The molecule has 2 aromatic carbocycles. The quantitative estimate of drug-likeness (QED) is 0.701. The van der Waals surface area contributed by atoms with Crippen molar-refractivity contribution in [1.82, 2.24) is 9.99 Å². The summed E-state index contributed by atoms with van der Waals surface area (Å²) >= 11 is 0. The summed E-state index contributed by atoms with van der Waals surface area (Å²) in [6.45, 7) is 2.63. The van der Waals surface area contributed by atoms with E-state index in [1.807, 2.05) is 5.01 Å². The van der Waals surface area contributed by atoms with Gasteiger partial charge in [-0.15, -0.1) is 0 Å². The summed E-state index contributed by atoms with van der Waals surface area (Å²) in [5.41, 5.74) is 0.210. The lowest BCUT2D eigenvalue weighted by Crippen LogP contribution is -2.50. The van der Waals surface area contributed by atoms with Gasteiger partial charge in [-0.2, -0.15) is 0 Å². The van der Waals surface area contributed by atoms with Crippen molar-refractivity contribution in [2.75, 3.05) is 38.3 Å². The van der Waals surface area contributed by atoms with Gasteiger partial charge in [-0.05, 0) is 42.5 Å². The van der Waals surface area contributed by atoms with Gasteiger partial charge in [0, 0.05) is 31.7 Å². The van der Waals surface area contributed by atoms with E-state index in [0.29, 0.717) is 43.0 Å². The van der Waals surface area contributed by atoms with Gasteiger partial charge in [-0.3, -0.25) is 9.47 Å². The second-order valence-corrected chi connectivity index (χ2v) is 6.76. The van der Waals surface area contributed by atoms with Gasteiger partial charge in [0.15, 0.2) is 0 Å². The van der Waals surface area contributed by atoms with Crippen LogP contribution in [0.5, 0.6) is 5.75 Å². The van der Waals surface area contributed by atoms with Crippen LogP contribution in [-0.4, -0.2) is 49.0 Å². The van der Waals surface area contributed by atoms with E-state index in [4.69, 9.17) is 4.74 Å². The Bertz CT molecular complexity index is 1140. The lowest BCUT2D eigenvalue weighted by atomic mass is 10.0. The number of carboxylic acids is 1. The molecule has 0 aliphatic carbocycles. The molecule has 0 saturated carbocycles. The smallest absolute Gasteiger partial charge is 0.341 e. The van der Waals surface area contributed by atoms with Gasteiger partial charge in [0.05, 0.1) is 23.7 Å². The minimum absolute atomic E-state index is 0.0400. The van der Waals surface area contributed by atoms with Crippen LogP contribution in [0.15, 0.2) is 47.3 Å². The van der Waals surface area contributed by atoms with Gasteiger partial charge >= 0.3 is 5.97 Å². The Morgan fingerprint density at radius 3 is 2.45 bits per heavy atom. The second-order valence-electron chi connectivity index (χ2n) is 6.76. The van der Waals surface area contributed by atoms with E-state index in [2.05, 4.69) is 5.32 Å². The van der Waals surface area contributed by atoms with E-state index in [-0.39, 0.29) is 16.6 Å². The number of aromatic nitrogens is 1. The van der Waals surface area contributed by atoms with Crippen molar-refractivity contribution in [2.24, 2.45) is 0 Å². The van der Waals surface area contributed by atoms with E-state index in [1.54, 1.807) is 36.1 Å². The lowest BCUT2D eigenvalue weighted by molar-refractivity contribution is 0.0696. The molecule has 1 aliphatic rings. The number of fused-ring (bicyclic) bond motifs is 1. The van der Waals surface area contributed by atoms with Crippen LogP contribution in [0, 0.1) is 5.82 Å². The van der Waals surface area contributed by atoms with Gasteiger partial charge in [0.2, 0.25) is 5.43 Å². The van der Waals surface area contributed by atoms with E-state index >= 15 is 0 Å². The van der Waals surface area contributed by atoms with Crippen molar-refractivity contribution in [1.29, 1.82) is 0 Å². The number of aromatic carboxylic acids is 1. The molecule has 0 radical (unpaired) electrons. The van der Waals surface area contributed by atoms with Crippen LogP contribution in [0.1, 0.15) is 10.4 Å². The summed E-state index contributed by atoms with van der Waals surface area (Å²) in [4.78, 5) is 25.2. The zero-order valence-electron chi connectivity index (χ0n) is 15.8. The highest BCUT2D eigenvalue weighted by molar-refractivity contribution is 6.00. The Balaban J connectivity index is 2.12. The number of carboxylic acid groups (broad SMARTS) is 1. The first-order valence-electron chi connectivity index (χ1n) is 9.23. The van der Waals surface area contributed by atoms with Crippen LogP contribution in [-0.2, 0) is 0 Å². The van der Waals surface area contributed by atoms with Crippen LogP contribution >= 0.6 is 0 Å². The fourth-order valence-corrected chi connectivity index (χ4v) is 3.70. The predicted octanol–water partition coefficient (Wildman–Crippen LogP) is 2.06. The molecule has 1 aliphatic heterocycles. The van der Waals surface area contributed by atoms with E-state index in [0.717, 1.165) is 6.07 Å². The van der Waals surface area contributed by atoms with Crippen LogP contribution in [0.3, 0.4) is 0 Å². The molecule has 1 aromatic heterocycles. The molecular formula is C21H20FN3O4. The maximum absolute atomic E-state index is 13.9. The first kappa shape index (κ1) is 18.9. The Morgan fingerprint density at radius 1 is 1.14 bits per heavy atom. The molecule has 0 unspecified atom stereocenters. The van der Waals surface area contributed by atoms with Crippen molar-refractivity contribution < 1.29 is 19.0 Å². The second kappa shape index (κ2) is 7.56. The van der Waals surface area contributed by atoms with Gasteiger partial charge in [-0.25, -0.2) is 9.18 Å². The maximum atomic E-state index is 13.9. The zero-order chi connectivity index (χ0) is 20.5.